The van der Waals surface area contributed by atoms with Crippen molar-refractivity contribution in [3.05, 3.63) is 47.4 Å². The second-order valence-electron chi connectivity index (χ2n) is 7.90. The number of piperidine rings is 1. The van der Waals surface area contributed by atoms with Crippen LogP contribution < -0.4 is 10.2 Å². The molecule has 1 aromatic carbocycles. The number of carbonyl (C=O) groups excluding carboxylic acids is 1. The van der Waals surface area contributed by atoms with Gasteiger partial charge in [-0.3, -0.25) is 14.5 Å². The molecule has 9 nitrogen and oxygen atoms in total. The lowest BCUT2D eigenvalue weighted by Crippen LogP contribution is -2.38. The third-order valence-corrected chi connectivity index (χ3v) is 7.10. The summed E-state index contributed by atoms with van der Waals surface area (Å²) in [5.74, 6) is 0.591. The van der Waals surface area contributed by atoms with E-state index in [1.54, 1.807) is 6.08 Å². The number of hydrogen-bond donors (Lipinski definition) is 2. The van der Waals surface area contributed by atoms with Crippen molar-refractivity contribution < 1.29 is 9.21 Å². The third-order valence-electron chi connectivity index (χ3n) is 5.72. The highest BCUT2D eigenvalue weighted by Crippen LogP contribution is 2.33. The molecule has 11 heteroatoms. The van der Waals surface area contributed by atoms with E-state index in [0.29, 0.717) is 41.4 Å². The number of nitrogens with zero attached hydrogens (tertiary/aromatic N) is 5. The summed E-state index contributed by atoms with van der Waals surface area (Å²) >= 11 is 6.70. The number of aromatic amines is 1. The second kappa shape index (κ2) is 8.91. The number of nitrogens with one attached hydrogen (secondary N) is 2. The van der Waals surface area contributed by atoms with Crippen LogP contribution in [0.3, 0.4) is 0 Å². The molecule has 5 rings (SSSR count). The van der Waals surface area contributed by atoms with E-state index in [9.17, 15) is 4.79 Å². The molecule has 1 fully saturated rings. The molecule has 0 radical (unpaired) electrons. The first-order chi connectivity index (χ1) is 16.0. The Balaban J connectivity index is 1.24. The van der Waals surface area contributed by atoms with Crippen molar-refractivity contribution in [1.82, 2.24) is 24.7 Å². The van der Waals surface area contributed by atoms with Crippen LogP contribution in [-0.4, -0.2) is 43.7 Å². The van der Waals surface area contributed by atoms with Crippen LogP contribution >= 0.6 is 23.6 Å². The molecule has 0 unspecified atom stereocenters. The number of aryl methyl sites for hydroxylation is 1. The number of oxazole rings is 1. The van der Waals surface area contributed by atoms with E-state index in [2.05, 4.69) is 37.0 Å². The SMILES string of the molecule is C=CCn1c(-c2sc(NC(=O)C3CCN(c4nc5ccccc5o4)CC3)nc2C)n[nH]c1=S. The van der Waals surface area contributed by atoms with Crippen molar-refractivity contribution in [3.8, 4) is 10.7 Å². The molecule has 1 aliphatic rings. The van der Waals surface area contributed by atoms with Gasteiger partial charge in [0.05, 0.1) is 10.6 Å². The molecular formula is C22H23N7O2S2. The zero-order valence-corrected chi connectivity index (χ0v) is 19.7. The van der Waals surface area contributed by atoms with Crippen LogP contribution in [0.4, 0.5) is 11.1 Å². The maximum absolute atomic E-state index is 12.9. The molecule has 4 heterocycles. The number of amides is 1. The van der Waals surface area contributed by atoms with E-state index in [-0.39, 0.29) is 11.8 Å². The summed E-state index contributed by atoms with van der Waals surface area (Å²) in [7, 11) is 0. The van der Waals surface area contributed by atoms with Crippen molar-refractivity contribution in [3.63, 3.8) is 0 Å². The van der Waals surface area contributed by atoms with E-state index in [4.69, 9.17) is 16.6 Å². The van der Waals surface area contributed by atoms with E-state index < -0.39 is 0 Å². The maximum atomic E-state index is 12.9. The highest BCUT2D eigenvalue weighted by atomic mass is 32.1. The van der Waals surface area contributed by atoms with Gasteiger partial charge < -0.3 is 14.6 Å². The topological polar surface area (TPSA) is 105 Å². The van der Waals surface area contributed by atoms with Crippen LogP contribution in [0.25, 0.3) is 21.8 Å². The van der Waals surface area contributed by atoms with Gasteiger partial charge in [0, 0.05) is 25.6 Å². The number of carbonyl (C=O) groups is 1. The molecule has 0 aliphatic carbocycles. The number of anilines is 2. The van der Waals surface area contributed by atoms with E-state index in [0.717, 1.165) is 34.5 Å². The maximum Gasteiger partial charge on any atom is 0.298 e. The minimum absolute atomic E-state index is 0.0162. The van der Waals surface area contributed by atoms with Gasteiger partial charge in [0.1, 0.15) is 5.52 Å². The van der Waals surface area contributed by atoms with E-state index in [1.165, 1.54) is 11.3 Å². The van der Waals surface area contributed by atoms with E-state index in [1.807, 2.05) is 35.8 Å². The summed E-state index contributed by atoms with van der Waals surface area (Å²) in [6, 6.07) is 8.33. The van der Waals surface area contributed by atoms with Gasteiger partial charge >= 0.3 is 0 Å². The van der Waals surface area contributed by atoms with Crippen LogP contribution in [0.15, 0.2) is 41.3 Å². The molecule has 33 heavy (non-hydrogen) atoms. The van der Waals surface area contributed by atoms with Gasteiger partial charge in [-0.1, -0.05) is 29.5 Å². The largest absolute Gasteiger partial charge is 0.423 e. The van der Waals surface area contributed by atoms with Crippen molar-refractivity contribution >= 4 is 51.7 Å². The number of para-hydroxylation sites is 2. The predicted molar refractivity (Wildman–Crippen MR) is 131 cm³/mol. The summed E-state index contributed by atoms with van der Waals surface area (Å²) in [5, 5.41) is 10.7. The van der Waals surface area contributed by atoms with Crippen molar-refractivity contribution in [2.75, 3.05) is 23.3 Å². The highest BCUT2D eigenvalue weighted by Gasteiger charge is 2.28. The Morgan fingerprint density at radius 2 is 2.15 bits per heavy atom. The van der Waals surface area contributed by atoms with Gasteiger partial charge in [-0.15, -0.1) is 6.58 Å². The Labute approximate surface area is 199 Å². The quantitative estimate of drug-likeness (QED) is 0.307. The smallest absolute Gasteiger partial charge is 0.298 e. The zero-order chi connectivity index (χ0) is 22.9. The molecule has 2 N–H and O–H groups in total. The first-order valence-electron chi connectivity index (χ1n) is 10.7. The van der Waals surface area contributed by atoms with Crippen LogP contribution in [0.2, 0.25) is 0 Å². The Bertz CT molecular complexity index is 1340. The fourth-order valence-corrected chi connectivity index (χ4v) is 5.16. The van der Waals surface area contributed by atoms with E-state index >= 15 is 0 Å². The Hall–Kier alpha value is -3.31. The Kier molecular flexibility index (Phi) is 5.81. The van der Waals surface area contributed by atoms with Crippen molar-refractivity contribution in [2.24, 2.45) is 5.92 Å². The summed E-state index contributed by atoms with van der Waals surface area (Å²) in [5.41, 5.74) is 2.41. The molecule has 0 bridgehead atoms. The number of thiazole rings is 1. The number of H-pyrrole nitrogens is 1. The summed E-state index contributed by atoms with van der Waals surface area (Å²) < 4.78 is 8.25. The van der Waals surface area contributed by atoms with Crippen LogP contribution in [0, 0.1) is 17.6 Å². The fraction of sp³-hybridized carbons (Fsp3) is 0.318. The molecule has 0 atom stereocenters. The van der Waals surface area contributed by atoms with Crippen LogP contribution in [-0.2, 0) is 11.3 Å². The molecule has 1 saturated heterocycles. The van der Waals surface area contributed by atoms with Crippen LogP contribution in [0.1, 0.15) is 18.5 Å². The van der Waals surface area contributed by atoms with Crippen molar-refractivity contribution in [1.29, 1.82) is 0 Å². The number of fused-ring (bicyclic) bond motifs is 1. The Morgan fingerprint density at radius 3 is 2.91 bits per heavy atom. The first kappa shape index (κ1) is 21.5. The summed E-state index contributed by atoms with van der Waals surface area (Å²) in [4.78, 5) is 25.0. The Morgan fingerprint density at radius 1 is 1.36 bits per heavy atom. The normalized spacial score (nSPS) is 14.6. The molecule has 1 amide bonds. The van der Waals surface area contributed by atoms with Crippen molar-refractivity contribution in [2.45, 2.75) is 26.3 Å². The first-order valence-corrected chi connectivity index (χ1v) is 11.9. The van der Waals surface area contributed by atoms with Gasteiger partial charge in [0.15, 0.2) is 21.3 Å². The predicted octanol–water partition coefficient (Wildman–Crippen LogP) is 4.55. The number of benzene rings is 1. The van der Waals surface area contributed by atoms with Gasteiger partial charge in [-0.2, -0.15) is 10.1 Å². The molecule has 1 aliphatic heterocycles. The number of hydrogen-bond acceptors (Lipinski definition) is 8. The van der Waals surface area contributed by atoms with Crippen LogP contribution in [0.5, 0.6) is 0 Å². The lowest BCUT2D eigenvalue weighted by molar-refractivity contribution is -0.120. The van der Waals surface area contributed by atoms with Gasteiger partial charge in [-0.05, 0) is 44.1 Å². The minimum Gasteiger partial charge on any atom is -0.423 e. The fourth-order valence-electron chi connectivity index (χ4n) is 3.98. The average molecular weight is 482 g/mol. The van der Waals surface area contributed by atoms with Gasteiger partial charge in [-0.25, -0.2) is 4.98 Å². The lowest BCUT2D eigenvalue weighted by Gasteiger charge is -2.29. The molecule has 0 spiro atoms. The summed E-state index contributed by atoms with van der Waals surface area (Å²) in [6.07, 6.45) is 3.21. The monoisotopic (exact) mass is 481 g/mol. The highest BCUT2D eigenvalue weighted by molar-refractivity contribution is 7.71. The number of rotatable bonds is 6. The molecule has 170 valence electrons. The zero-order valence-electron chi connectivity index (χ0n) is 18.1. The number of aromatic nitrogens is 5. The minimum atomic E-state index is -0.0892. The number of allylic oxidation sites excluding steroid dienone is 1. The lowest BCUT2D eigenvalue weighted by atomic mass is 9.96. The van der Waals surface area contributed by atoms with Gasteiger partial charge in [0.25, 0.3) is 6.01 Å². The average Bonchev–Trinajstić information content (AvgIpc) is 3.51. The standard InChI is InChI=1S/C22H23N7O2S2/c1-3-10-29-18(26-27-22(29)32)17-13(2)23-20(33-17)25-19(30)14-8-11-28(12-9-14)21-24-15-6-4-5-7-16(15)31-21/h3-7,14H,1,8-12H2,2H3,(H,27,32)(H,23,25,30). The second-order valence-corrected chi connectivity index (χ2v) is 9.29. The molecule has 0 saturated carbocycles. The molecular weight excluding hydrogens is 458 g/mol. The summed E-state index contributed by atoms with van der Waals surface area (Å²) in [6.45, 7) is 7.64. The molecule has 3 aromatic heterocycles. The van der Waals surface area contributed by atoms with Gasteiger partial charge in [0.2, 0.25) is 5.91 Å². The molecule has 4 aromatic rings. The third kappa shape index (κ3) is 4.21.